The van der Waals surface area contributed by atoms with Gasteiger partial charge in [-0.2, -0.15) is 0 Å². The molecule has 0 bridgehead atoms. The van der Waals surface area contributed by atoms with Crippen LogP contribution in [0.25, 0.3) is 0 Å². The normalized spacial score (nSPS) is 26.0. The van der Waals surface area contributed by atoms with Gasteiger partial charge in [0.15, 0.2) is 0 Å². The molecule has 21 heavy (non-hydrogen) atoms. The van der Waals surface area contributed by atoms with E-state index in [-0.39, 0.29) is 17.9 Å². The molecule has 0 aliphatic heterocycles. The largest absolute Gasteiger partial charge is 0.303 e. The zero-order valence-electron chi connectivity index (χ0n) is 12.2. The van der Waals surface area contributed by atoms with E-state index in [1.165, 1.54) is 31.2 Å². The minimum absolute atomic E-state index is 0. The molecule has 2 aliphatic carbocycles. The van der Waals surface area contributed by atoms with E-state index < -0.39 is 0 Å². The highest BCUT2D eigenvalue weighted by Gasteiger charge is 2.48. The molecule has 0 saturated heterocycles. The molecule has 0 spiro atoms. The van der Waals surface area contributed by atoms with Crippen LogP contribution in [-0.4, -0.2) is 0 Å². The van der Waals surface area contributed by atoms with Crippen molar-refractivity contribution in [3.8, 4) is 0 Å². The van der Waals surface area contributed by atoms with Crippen LogP contribution in [0.15, 0.2) is 54.6 Å². The summed E-state index contributed by atoms with van der Waals surface area (Å²) in [5.74, 6) is 0.795. The van der Waals surface area contributed by atoms with Crippen molar-refractivity contribution in [2.75, 3.05) is 0 Å². The van der Waals surface area contributed by atoms with Crippen LogP contribution in [0.2, 0.25) is 0 Å². The first-order valence-electron chi connectivity index (χ1n) is 7.76. The van der Waals surface area contributed by atoms with Crippen molar-refractivity contribution >= 4 is 12.4 Å². The minimum Gasteiger partial charge on any atom is -0.303 e. The number of fused-ring (bicyclic) bond motifs is 3. The third kappa shape index (κ3) is 2.39. The standard InChI is InChI=1S/C19H21N.ClH/c1-2-7-15(8-3-1)14-20-19-12-6-10-17(19)13-16-9-4-5-11-18(16)19;/h1-5,7-9,11,17,20H,6,10,12-14H2;1H/t17-,19+;/m1./s1. The second-order valence-electron chi connectivity index (χ2n) is 6.26. The van der Waals surface area contributed by atoms with Crippen molar-refractivity contribution in [1.82, 2.24) is 5.32 Å². The summed E-state index contributed by atoms with van der Waals surface area (Å²) in [5, 5.41) is 3.93. The van der Waals surface area contributed by atoms with E-state index in [2.05, 4.69) is 59.9 Å². The van der Waals surface area contributed by atoms with E-state index in [0.29, 0.717) is 0 Å². The van der Waals surface area contributed by atoms with Gasteiger partial charge in [-0.25, -0.2) is 0 Å². The first-order chi connectivity index (χ1) is 9.88. The highest BCUT2D eigenvalue weighted by atomic mass is 35.5. The second kappa shape index (κ2) is 5.82. The molecule has 2 aliphatic rings. The minimum atomic E-state index is 0. The molecule has 0 amide bonds. The number of benzene rings is 2. The molecule has 2 aromatic carbocycles. The summed E-state index contributed by atoms with van der Waals surface area (Å²) in [5.41, 5.74) is 4.76. The highest BCUT2D eigenvalue weighted by Crippen LogP contribution is 2.51. The lowest BCUT2D eigenvalue weighted by Gasteiger charge is -2.32. The lowest BCUT2D eigenvalue weighted by atomic mass is 9.86. The zero-order valence-corrected chi connectivity index (χ0v) is 13.0. The Kier molecular flexibility index (Phi) is 4.05. The first-order valence-corrected chi connectivity index (χ1v) is 7.76. The van der Waals surface area contributed by atoms with Gasteiger partial charge in [-0.3, -0.25) is 0 Å². The lowest BCUT2D eigenvalue weighted by molar-refractivity contribution is 0.268. The molecule has 0 aromatic heterocycles. The molecule has 1 fully saturated rings. The van der Waals surface area contributed by atoms with Crippen molar-refractivity contribution in [3.63, 3.8) is 0 Å². The molecule has 2 aromatic rings. The number of hydrogen-bond acceptors (Lipinski definition) is 1. The van der Waals surface area contributed by atoms with E-state index in [1.54, 1.807) is 11.1 Å². The van der Waals surface area contributed by atoms with Crippen LogP contribution in [0.5, 0.6) is 0 Å². The van der Waals surface area contributed by atoms with Crippen LogP contribution in [0.4, 0.5) is 0 Å². The van der Waals surface area contributed by atoms with Gasteiger partial charge < -0.3 is 5.32 Å². The third-order valence-electron chi connectivity index (χ3n) is 5.24. The molecule has 1 saturated carbocycles. The van der Waals surface area contributed by atoms with Gasteiger partial charge in [0.05, 0.1) is 0 Å². The Morgan fingerprint density at radius 1 is 1.00 bits per heavy atom. The number of nitrogens with one attached hydrogen (secondary N) is 1. The van der Waals surface area contributed by atoms with Crippen molar-refractivity contribution in [2.24, 2.45) is 5.92 Å². The van der Waals surface area contributed by atoms with Crippen LogP contribution in [0.3, 0.4) is 0 Å². The molecule has 2 atom stereocenters. The van der Waals surface area contributed by atoms with Crippen LogP contribution in [0.1, 0.15) is 36.0 Å². The van der Waals surface area contributed by atoms with Crippen LogP contribution in [-0.2, 0) is 18.5 Å². The maximum Gasteiger partial charge on any atom is 0.0471 e. The van der Waals surface area contributed by atoms with Gasteiger partial charge in [0.2, 0.25) is 0 Å². The van der Waals surface area contributed by atoms with Crippen LogP contribution >= 0.6 is 12.4 Å². The van der Waals surface area contributed by atoms with E-state index >= 15 is 0 Å². The average Bonchev–Trinajstić information content (AvgIpc) is 3.02. The molecule has 110 valence electrons. The summed E-state index contributed by atoms with van der Waals surface area (Å²) in [6, 6.07) is 19.8. The molecule has 0 radical (unpaired) electrons. The van der Waals surface area contributed by atoms with E-state index in [9.17, 15) is 0 Å². The molecule has 1 N–H and O–H groups in total. The predicted octanol–water partition coefficient (Wildman–Crippen LogP) is 4.45. The fourth-order valence-corrected chi connectivity index (χ4v) is 4.29. The Labute approximate surface area is 133 Å². The van der Waals surface area contributed by atoms with Crippen molar-refractivity contribution in [3.05, 3.63) is 71.3 Å². The van der Waals surface area contributed by atoms with Gasteiger partial charge >= 0.3 is 0 Å². The van der Waals surface area contributed by atoms with Crippen LogP contribution in [0, 0.1) is 5.92 Å². The first kappa shape index (κ1) is 14.6. The van der Waals surface area contributed by atoms with Gasteiger partial charge in [-0.05, 0) is 41.9 Å². The Balaban J connectivity index is 0.00000132. The van der Waals surface area contributed by atoms with E-state index in [0.717, 1.165) is 12.5 Å². The van der Waals surface area contributed by atoms with Gasteiger partial charge in [-0.15, -0.1) is 12.4 Å². The second-order valence-corrected chi connectivity index (χ2v) is 6.26. The van der Waals surface area contributed by atoms with Gasteiger partial charge in [0, 0.05) is 12.1 Å². The molecule has 1 nitrogen and oxygen atoms in total. The molecular weight excluding hydrogens is 278 g/mol. The smallest absolute Gasteiger partial charge is 0.0471 e. The maximum absolute atomic E-state index is 3.93. The summed E-state index contributed by atoms with van der Waals surface area (Å²) in [6.45, 7) is 0.978. The monoisotopic (exact) mass is 299 g/mol. The predicted molar refractivity (Wildman–Crippen MR) is 89.7 cm³/mol. The Hall–Kier alpha value is -1.31. The van der Waals surface area contributed by atoms with Crippen molar-refractivity contribution in [1.29, 1.82) is 0 Å². The van der Waals surface area contributed by atoms with Gasteiger partial charge in [-0.1, -0.05) is 61.0 Å². The fraction of sp³-hybridized carbons (Fsp3) is 0.368. The molecule has 0 unspecified atom stereocenters. The van der Waals surface area contributed by atoms with E-state index in [4.69, 9.17) is 0 Å². The van der Waals surface area contributed by atoms with Crippen molar-refractivity contribution < 1.29 is 0 Å². The summed E-state index contributed by atoms with van der Waals surface area (Å²) >= 11 is 0. The van der Waals surface area contributed by atoms with Crippen molar-refractivity contribution in [2.45, 2.75) is 37.8 Å². The summed E-state index contributed by atoms with van der Waals surface area (Å²) in [6.07, 6.45) is 5.29. The Morgan fingerprint density at radius 3 is 2.62 bits per heavy atom. The number of halogens is 1. The summed E-state index contributed by atoms with van der Waals surface area (Å²) in [7, 11) is 0. The molecule has 2 heteroatoms. The number of rotatable bonds is 3. The third-order valence-corrected chi connectivity index (χ3v) is 5.24. The number of hydrogen-bond donors (Lipinski definition) is 1. The highest BCUT2D eigenvalue weighted by molar-refractivity contribution is 5.85. The molecular formula is C19H22ClN. The SMILES string of the molecule is Cl.c1ccc(CN[C@@]23CCC[C@@H]2Cc2ccccc23)cc1. The quantitative estimate of drug-likeness (QED) is 0.883. The summed E-state index contributed by atoms with van der Waals surface area (Å²) < 4.78 is 0. The van der Waals surface area contributed by atoms with Crippen LogP contribution < -0.4 is 5.32 Å². The topological polar surface area (TPSA) is 12.0 Å². The summed E-state index contributed by atoms with van der Waals surface area (Å²) in [4.78, 5) is 0. The average molecular weight is 300 g/mol. The fourth-order valence-electron chi connectivity index (χ4n) is 4.29. The Morgan fingerprint density at radius 2 is 1.76 bits per heavy atom. The molecule has 0 heterocycles. The Bertz CT molecular complexity index is 610. The van der Waals surface area contributed by atoms with Gasteiger partial charge in [0.1, 0.15) is 0 Å². The maximum atomic E-state index is 3.93. The zero-order chi connectivity index (χ0) is 13.4. The molecule has 4 rings (SSSR count). The van der Waals surface area contributed by atoms with Gasteiger partial charge in [0.25, 0.3) is 0 Å². The lowest BCUT2D eigenvalue weighted by Crippen LogP contribution is -2.42. The van der Waals surface area contributed by atoms with E-state index in [1.807, 2.05) is 0 Å².